The molecule has 0 aromatic rings. The SMILES string of the molecule is COCC(O)CNS(=O)(=O)CCC(=O)OC. The Hall–Kier alpha value is -0.700. The zero-order chi connectivity index (χ0) is 12.6. The van der Waals surface area contributed by atoms with E-state index in [0.717, 1.165) is 0 Å². The molecule has 0 aliphatic rings. The second-order valence-corrected chi connectivity index (χ2v) is 5.03. The van der Waals surface area contributed by atoms with E-state index in [0.29, 0.717) is 0 Å². The summed E-state index contributed by atoms with van der Waals surface area (Å²) in [5, 5.41) is 9.19. The fourth-order valence-electron chi connectivity index (χ4n) is 0.866. The molecule has 0 amide bonds. The molecule has 0 fully saturated rings. The minimum Gasteiger partial charge on any atom is -0.469 e. The van der Waals surface area contributed by atoms with Crippen LogP contribution in [0.2, 0.25) is 0 Å². The molecule has 2 N–H and O–H groups in total. The molecule has 0 heterocycles. The molecule has 0 rings (SSSR count). The van der Waals surface area contributed by atoms with Crippen molar-refractivity contribution in [2.75, 3.05) is 33.1 Å². The number of hydrogen-bond acceptors (Lipinski definition) is 6. The molecule has 0 aliphatic heterocycles. The normalized spacial score (nSPS) is 13.4. The smallest absolute Gasteiger partial charge is 0.306 e. The summed E-state index contributed by atoms with van der Waals surface area (Å²) in [6, 6.07) is 0. The van der Waals surface area contributed by atoms with Crippen molar-refractivity contribution in [2.24, 2.45) is 0 Å². The van der Waals surface area contributed by atoms with Crippen LogP contribution >= 0.6 is 0 Å². The van der Waals surface area contributed by atoms with Crippen molar-refractivity contribution in [3.8, 4) is 0 Å². The predicted molar refractivity (Wildman–Crippen MR) is 56.3 cm³/mol. The monoisotopic (exact) mass is 255 g/mol. The number of hydrogen-bond donors (Lipinski definition) is 2. The Morgan fingerprint density at radius 3 is 2.56 bits per heavy atom. The van der Waals surface area contributed by atoms with Crippen molar-refractivity contribution in [1.29, 1.82) is 0 Å². The van der Waals surface area contributed by atoms with E-state index in [4.69, 9.17) is 0 Å². The lowest BCUT2D eigenvalue weighted by Gasteiger charge is -2.10. The number of carbonyl (C=O) groups excluding carboxylic acids is 1. The first-order chi connectivity index (χ1) is 7.41. The minimum absolute atomic E-state index is 0.0412. The third-order valence-corrected chi connectivity index (χ3v) is 3.05. The van der Waals surface area contributed by atoms with E-state index < -0.39 is 22.1 Å². The Balaban J connectivity index is 3.92. The van der Waals surface area contributed by atoms with Crippen LogP contribution in [0.1, 0.15) is 6.42 Å². The lowest BCUT2D eigenvalue weighted by molar-refractivity contribution is -0.140. The van der Waals surface area contributed by atoms with Gasteiger partial charge in [0.05, 0.1) is 32.0 Å². The van der Waals surface area contributed by atoms with Crippen molar-refractivity contribution in [3.05, 3.63) is 0 Å². The summed E-state index contributed by atoms with van der Waals surface area (Å²) in [5.74, 6) is -0.956. The van der Waals surface area contributed by atoms with Gasteiger partial charge in [-0.15, -0.1) is 0 Å². The summed E-state index contributed by atoms with van der Waals surface area (Å²) >= 11 is 0. The van der Waals surface area contributed by atoms with Gasteiger partial charge in [0.15, 0.2) is 0 Å². The van der Waals surface area contributed by atoms with Crippen molar-refractivity contribution in [1.82, 2.24) is 4.72 Å². The van der Waals surface area contributed by atoms with E-state index in [1.54, 1.807) is 0 Å². The number of nitrogens with one attached hydrogen (secondary N) is 1. The number of carbonyl (C=O) groups is 1. The summed E-state index contributed by atoms with van der Waals surface area (Å²) in [4.78, 5) is 10.7. The van der Waals surface area contributed by atoms with E-state index in [2.05, 4.69) is 14.2 Å². The maximum Gasteiger partial charge on any atom is 0.306 e. The fourth-order valence-corrected chi connectivity index (χ4v) is 1.89. The van der Waals surface area contributed by atoms with Crippen LogP contribution in [-0.2, 0) is 24.3 Å². The van der Waals surface area contributed by atoms with E-state index in [-0.39, 0.29) is 25.3 Å². The number of ether oxygens (including phenoxy) is 2. The van der Waals surface area contributed by atoms with Gasteiger partial charge in [-0.05, 0) is 0 Å². The van der Waals surface area contributed by atoms with Gasteiger partial charge in [-0.3, -0.25) is 4.79 Å². The van der Waals surface area contributed by atoms with Crippen molar-refractivity contribution in [2.45, 2.75) is 12.5 Å². The second kappa shape index (κ2) is 7.55. The minimum atomic E-state index is -3.57. The topological polar surface area (TPSA) is 102 Å². The van der Waals surface area contributed by atoms with Crippen molar-refractivity contribution >= 4 is 16.0 Å². The molecule has 0 saturated carbocycles. The van der Waals surface area contributed by atoms with Gasteiger partial charge in [0.2, 0.25) is 10.0 Å². The molecular weight excluding hydrogens is 238 g/mol. The highest BCUT2D eigenvalue weighted by Gasteiger charge is 2.15. The summed E-state index contributed by atoms with van der Waals surface area (Å²) in [5.41, 5.74) is 0. The Morgan fingerprint density at radius 2 is 2.06 bits per heavy atom. The summed E-state index contributed by atoms with van der Waals surface area (Å²) in [6.45, 7) is -0.100. The summed E-state index contributed by atoms with van der Waals surface area (Å²) in [7, 11) is -0.983. The van der Waals surface area contributed by atoms with Crippen LogP contribution in [0, 0.1) is 0 Å². The van der Waals surface area contributed by atoms with E-state index in [9.17, 15) is 18.3 Å². The Labute approximate surface area is 94.8 Å². The first-order valence-electron chi connectivity index (χ1n) is 4.62. The molecule has 0 spiro atoms. The summed E-state index contributed by atoms with van der Waals surface area (Å²) < 4.78 is 33.7. The van der Waals surface area contributed by atoms with Crippen LogP contribution in [-0.4, -0.2) is 58.7 Å². The van der Waals surface area contributed by atoms with Gasteiger partial charge in [0.1, 0.15) is 0 Å². The highest BCUT2D eigenvalue weighted by Crippen LogP contribution is 1.93. The molecule has 1 unspecified atom stereocenters. The van der Waals surface area contributed by atoms with E-state index >= 15 is 0 Å². The molecule has 96 valence electrons. The molecule has 0 aromatic carbocycles. The Morgan fingerprint density at radius 1 is 1.44 bits per heavy atom. The number of methoxy groups -OCH3 is 2. The number of sulfonamides is 1. The molecule has 0 radical (unpaired) electrons. The lowest BCUT2D eigenvalue weighted by Crippen LogP contribution is -2.36. The van der Waals surface area contributed by atoms with Crippen molar-refractivity contribution < 1.29 is 27.8 Å². The Kier molecular flexibility index (Phi) is 7.22. The van der Waals surface area contributed by atoms with Crippen LogP contribution in [0.15, 0.2) is 0 Å². The highest BCUT2D eigenvalue weighted by molar-refractivity contribution is 7.89. The predicted octanol–water partition coefficient (Wildman–Crippen LogP) is -1.52. The van der Waals surface area contributed by atoms with Crippen molar-refractivity contribution in [3.63, 3.8) is 0 Å². The van der Waals surface area contributed by atoms with Gasteiger partial charge in [0.25, 0.3) is 0 Å². The first-order valence-corrected chi connectivity index (χ1v) is 6.27. The molecule has 0 saturated heterocycles. The van der Waals surface area contributed by atoms with Crippen LogP contribution in [0.3, 0.4) is 0 Å². The molecule has 7 nitrogen and oxygen atoms in total. The first kappa shape index (κ1) is 15.3. The van der Waals surface area contributed by atoms with Gasteiger partial charge < -0.3 is 14.6 Å². The number of aliphatic hydroxyl groups excluding tert-OH is 1. The average molecular weight is 255 g/mol. The second-order valence-electron chi connectivity index (χ2n) is 3.10. The highest BCUT2D eigenvalue weighted by atomic mass is 32.2. The summed E-state index contributed by atoms with van der Waals surface area (Å²) in [6.07, 6.45) is -1.12. The third kappa shape index (κ3) is 7.57. The third-order valence-electron chi connectivity index (χ3n) is 1.70. The van der Waals surface area contributed by atoms with E-state index in [1.165, 1.54) is 14.2 Å². The molecule has 0 aliphatic carbocycles. The maximum atomic E-state index is 11.3. The van der Waals surface area contributed by atoms with Gasteiger partial charge in [-0.1, -0.05) is 0 Å². The zero-order valence-electron chi connectivity index (χ0n) is 9.30. The molecule has 8 heteroatoms. The quantitative estimate of drug-likeness (QED) is 0.510. The van der Waals surface area contributed by atoms with E-state index in [1.807, 2.05) is 0 Å². The standard InChI is InChI=1S/C8H17NO6S/c1-14-6-7(10)5-9-16(12,13)4-3-8(11)15-2/h7,9-10H,3-6H2,1-2H3. The molecular formula is C8H17NO6S. The average Bonchev–Trinajstić information content (AvgIpc) is 2.24. The van der Waals surface area contributed by atoms with Gasteiger partial charge >= 0.3 is 5.97 Å². The number of esters is 1. The van der Waals surface area contributed by atoms with Gasteiger partial charge in [-0.25, -0.2) is 13.1 Å². The van der Waals surface area contributed by atoms with Gasteiger partial charge in [-0.2, -0.15) is 0 Å². The molecule has 0 aromatic heterocycles. The lowest BCUT2D eigenvalue weighted by atomic mass is 10.4. The van der Waals surface area contributed by atoms with Crippen LogP contribution in [0.25, 0.3) is 0 Å². The number of rotatable bonds is 8. The van der Waals surface area contributed by atoms with Gasteiger partial charge in [0, 0.05) is 13.7 Å². The maximum absolute atomic E-state index is 11.3. The van der Waals surface area contributed by atoms with Crippen LogP contribution in [0.5, 0.6) is 0 Å². The van der Waals surface area contributed by atoms with Crippen LogP contribution < -0.4 is 4.72 Å². The number of aliphatic hydroxyl groups is 1. The largest absolute Gasteiger partial charge is 0.469 e. The Bertz CT molecular complexity index is 302. The zero-order valence-corrected chi connectivity index (χ0v) is 10.1. The fraction of sp³-hybridized carbons (Fsp3) is 0.875. The molecule has 16 heavy (non-hydrogen) atoms. The van der Waals surface area contributed by atoms with Crippen LogP contribution in [0.4, 0.5) is 0 Å². The molecule has 0 bridgehead atoms. The molecule has 1 atom stereocenters.